The van der Waals surface area contributed by atoms with Crippen LogP contribution in [0.5, 0.6) is 5.75 Å². The quantitative estimate of drug-likeness (QED) is 0.504. The Balaban J connectivity index is 1.56. The lowest BCUT2D eigenvalue weighted by Crippen LogP contribution is -2.30. The minimum atomic E-state index is -0.706. The lowest BCUT2D eigenvalue weighted by atomic mass is 10.2. The molecular weight excluding hydrogens is 404 g/mol. The SMILES string of the molecule is CN(Cc1cccc(F)c1)C(=O)COC(=O)c1ccccc1OCc1ccc(F)cc1. The third-order valence-electron chi connectivity index (χ3n) is 4.48. The number of para-hydroxylation sites is 1. The van der Waals surface area contributed by atoms with Crippen molar-refractivity contribution in [1.82, 2.24) is 4.90 Å². The summed E-state index contributed by atoms with van der Waals surface area (Å²) in [7, 11) is 1.54. The van der Waals surface area contributed by atoms with Gasteiger partial charge < -0.3 is 14.4 Å². The molecule has 0 aliphatic rings. The highest BCUT2D eigenvalue weighted by atomic mass is 19.1. The number of ether oxygens (including phenoxy) is 2. The van der Waals surface area contributed by atoms with Crippen molar-refractivity contribution < 1.29 is 27.8 Å². The number of esters is 1. The van der Waals surface area contributed by atoms with Crippen LogP contribution < -0.4 is 4.74 Å². The molecule has 31 heavy (non-hydrogen) atoms. The van der Waals surface area contributed by atoms with Crippen molar-refractivity contribution in [2.24, 2.45) is 0 Å². The van der Waals surface area contributed by atoms with E-state index < -0.39 is 18.5 Å². The van der Waals surface area contributed by atoms with Crippen LogP contribution in [0.1, 0.15) is 21.5 Å². The summed E-state index contributed by atoms with van der Waals surface area (Å²) in [5.41, 5.74) is 1.53. The second-order valence-electron chi connectivity index (χ2n) is 6.87. The maximum Gasteiger partial charge on any atom is 0.342 e. The predicted octanol–water partition coefficient (Wildman–Crippen LogP) is 4.36. The van der Waals surface area contributed by atoms with E-state index in [-0.39, 0.29) is 36.1 Å². The molecule has 1 amide bonds. The summed E-state index contributed by atoms with van der Waals surface area (Å²) in [5, 5.41) is 0. The van der Waals surface area contributed by atoms with Crippen molar-refractivity contribution in [2.75, 3.05) is 13.7 Å². The number of hydrogen-bond acceptors (Lipinski definition) is 4. The van der Waals surface area contributed by atoms with Gasteiger partial charge in [0.25, 0.3) is 5.91 Å². The zero-order valence-corrected chi connectivity index (χ0v) is 16.9. The number of likely N-dealkylation sites (N-methyl/N-ethyl adjacent to an activating group) is 1. The molecule has 7 heteroatoms. The summed E-state index contributed by atoms with van der Waals surface area (Å²) in [6.45, 7) is -0.137. The summed E-state index contributed by atoms with van der Waals surface area (Å²) >= 11 is 0. The average Bonchev–Trinajstić information content (AvgIpc) is 2.77. The highest BCUT2D eigenvalue weighted by molar-refractivity contribution is 5.94. The molecule has 0 fully saturated rings. The highest BCUT2D eigenvalue weighted by Gasteiger charge is 2.17. The highest BCUT2D eigenvalue weighted by Crippen LogP contribution is 2.20. The lowest BCUT2D eigenvalue weighted by Gasteiger charge is -2.17. The fraction of sp³-hybridized carbons (Fsp3) is 0.167. The number of hydrogen-bond donors (Lipinski definition) is 0. The monoisotopic (exact) mass is 425 g/mol. The van der Waals surface area contributed by atoms with Crippen LogP contribution in [0.15, 0.2) is 72.8 Å². The summed E-state index contributed by atoms with van der Waals surface area (Å²) in [6, 6.07) is 18.2. The first-order valence-corrected chi connectivity index (χ1v) is 9.54. The van der Waals surface area contributed by atoms with Crippen molar-refractivity contribution in [2.45, 2.75) is 13.2 Å². The van der Waals surface area contributed by atoms with Gasteiger partial charge in [0.1, 0.15) is 29.6 Å². The molecule has 0 aliphatic heterocycles. The van der Waals surface area contributed by atoms with Crippen molar-refractivity contribution in [3.8, 4) is 5.75 Å². The molecule has 0 unspecified atom stereocenters. The van der Waals surface area contributed by atoms with Gasteiger partial charge in [-0.1, -0.05) is 36.4 Å². The smallest absolute Gasteiger partial charge is 0.342 e. The van der Waals surface area contributed by atoms with Crippen molar-refractivity contribution >= 4 is 11.9 Å². The fourth-order valence-electron chi connectivity index (χ4n) is 2.82. The van der Waals surface area contributed by atoms with E-state index in [1.54, 1.807) is 49.5 Å². The van der Waals surface area contributed by atoms with Crippen LogP contribution >= 0.6 is 0 Å². The Morgan fingerprint density at radius 2 is 1.61 bits per heavy atom. The first-order valence-electron chi connectivity index (χ1n) is 9.54. The average molecular weight is 425 g/mol. The Morgan fingerprint density at radius 3 is 2.35 bits per heavy atom. The van der Waals surface area contributed by atoms with E-state index >= 15 is 0 Å². The van der Waals surface area contributed by atoms with Crippen LogP contribution in [-0.2, 0) is 22.7 Å². The predicted molar refractivity (Wildman–Crippen MR) is 110 cm³/mol. The second-order valence-corrected chi connectivity index (χ2v) is 6.87. The van der Waals surface area contributed by atoms with Crippen LogP contribution in [0.2, 0.25) is 0 Å². The van der Waals surface area contributed by atoms with E-state index in [9.17, 15) is 18.4 Å². The molecule has 0 spiro atoms. The molecule has 3 rings (SSSR count). The number of rotatable bonds is 8. The number of amides is 1. The third-order valence-corrected chi connectivity index (χ3v) is 4.48. The van der Waals surface area contributed by atoms with Crippen molar-refractivity contribution in [3.05, 3.63) is 101 Å². The van der Waals surface area contributed by atoms with Crippen LogP contribution in [0.4, 0.5) is 8.78 Å². The molecule has 0 saturated heterocycles. The van der Waals surface area contributed by atoms with E-state index in [1.807, 2.05) is 0 Å². The van der Waals surface area contributed by atoms with Gasteiger partial charge in [-0.3, -0.25) is 4.79 Å². The summed E-state index contributed by atoms with van der Waals surface area (Å²) in [5.74, 6) is -1.58. The molecule has 0 atom stereocenters. The van der Waals surface area contributed by atoms with E-state index in [2.05, 4.69) is 0 Å². The van der Waals surface area contributed by atoms with E-state index in [4.69, 9.17) is 9.47 Å². The van der Waals surface area contributed by atoms with Gasteiger partial charge >= 0.3 is 5.97 Å². The largest absolute Gasteiger partial charge is 0.488 e. The first-order chi connectivity index (χ1) is 14.9. The van der Waals surface area contributed by atoms with E-state index in [1.165, 1.54) is 35.2 Å². The zero-order valence-electron chi connectivity index (χ0n) is 16.9. The van der Waals surface area contributed by atoms with Crippen LogP contribution in [0, 0.1) is 11.6 Å². The maximum absolute atomic E-state index is 13.3. The molecule has 0 bridgehead atoms. The molecule has 160 valence electrons. The minimum Gasteiger partial charge on any atom is -0.488 e. The standard InChI is InChI=1S/C24H21F2NO4/c1-27(14-18-5-4-6-20(26)13-18)23(28)16-31-24(29)21-7-2-3-8-22(21)30-15-17-9-11-19(25)12-10-17/h2-13H,14-16H2,1H3. The van der Waals surface area contributed by atoms with Gasteiger partial charge in [-0.05, 0) is 47.5 Å². The van der Waals surface area contributed by atoms with Gasteiger partial charge in [-0.25, -0.2) is 13.6 Å². The fourth-order valence-corrected chi connectivity index (χ4v) is 2.82. The van der Waals surface area contributed by atoms with E-state index in [0.29, 0.717) is 5.56 Å². The molecule has 0 saturated carbocycles. The van der Waals surface area contributed by atoms with E-state index in [0.717, 1.165) is 5.56 Å². The van der Waals surface area contributed by atoms with Crippen molar-refractivity contribution in [3.63, 3.8) is 0 Å². The number of halogens is 2. The summed E-state index contributed by atoms with van der Waals surface area (Å²) < 4.78 is 37.1. The van der Waals surface area contributed by atoms with Gasteiger partial charge in [0, 0.05) is 13.6 Å². The van der Waals surface area contributed by atoms with Gasteiger partial charge in [0.15, 0.2) is 6.61 Å². The summed E-state index contributed by atoms with van der Waals surface area (Å²) in [4.78, 5) is 26.1. The molecule has 0 heterocycles. The Hall–Kier alpha value is -3.74. The Bertz CT molecular complexity index is 1050. The molecule has 5 nitrogen and oxygen atoms in total. The minimum absolute atomic E-state index is 0.139. The molecule has 0 aromatic heterocycles. The lowest BCUT2D eigenvalue weighted by molar-refractivity contribution is -0.133. The van der Waals surface area contributed by atoms with Gasteiger partial charge in [-0.2, -0.15) is 0 Å². The second kappa shape index (κ2) is 10.3. The Morgan fingerprint density at radius 1 is 0.871 bits per heavy atom. The molecule has 3 aromatic carbocycles. The third kappa shape index (κ3) is 6.37. The number of carbonyl (C=O) groups excluding carboxylic acids is 2. The molecule has 0 radical (unpaired) electrons. The maximum atomic E-state index is 13.3. The van der Waals surface area contributed by atoms with Crippen molar-refractivity contribution in [1.29, 1.82) is 0 Å². The number of nitrogens with zero attached hydrogens (tertiary/aromatic N) is 1. The first kappa shape index (κ1) is 22.0. The normalized spacial score (nSPS) is 10.4. The Kier molecular flexibility index (Phi) is 7.32. The summed E-state index contributed by atoms with van der Waals surface area (Å²) in [6.07, 6.45) is 0. The van der Waals surface area contributed by atoms with Gasteiger partial charge in [-0.15, -0.1) is 0 Å². The molecular formula is C24H21F2NO4. The van der Waals surface area contributed by atoms with Crippen LogP contribution in [-0.4, -0.2) is 30.4 Å². The van der Waals surface area contributed by atoms with Gasteiger partial charge in [0.05, 0.1) is 0 Å². The van der Waals surface area contributed by atoms with Gasteiger partial charge in [0.2, 0.25) is 0 Å². The molecule has 0 N–H and O–H groups in total. The van der Waals surface area contributed by atoms with Crippen LogP contribution in [0.3, 0.4) is 0 Å². The van der Waals surface area contributed by atoms with Crippen LogP contribution in [0.25, 0.3) is 0 Å². The molecule has 0 aliphatic carbocycles. The number of carbonyl (C=O) groups is 2. The topological polar surface area (TPSA) is 55.8 Å². The Labute approximate surface area is 178 Å². The molecule has 3 aromatic rings. The zero-order chi connectivity index (χ0) is 22.2. The number of benzene rings is 3.